The van der Waals surface area contributed by atoms with Crippen molar-refractivity contribution in [3.63, 3.8) is 0 Å². The quantitative estimate of drug-likeness (QED) is 0.842. The molecule has 0 spiro atoms. The lowest BCUT2D eigenvalue weighted by Gasteiger charge is -2.23. The summed E-state index contributed by atoms with van der Waals surface area (Å²) >= 11 is 0. The molecule has 0 unspecified atom stereocenters. The Labute approximate surface area is 97.3 Å². The minimum Gasteiger partial charge on any atom is -0.395 e. The summed E-state index contributed by atoms with van der Waals surface area (Å²) in [5.41, 5.74) is 1.05. The van der Waals surface area contributed by atoms with Gasteiger partial charge in [0.2, 0.25) is 0 Å². The second kappa shape index (κ2) is 5.25. The van der Waals surface area contributed by atoms with Crippen LogP contribution in [0, 0.1) is 0 Å². The van der Waals surface area contributed by atoms with Crippen molar-refractivity contribution in [1.82, 2.24) is 9.97 Å². The van der Waals surface area contributed by atoms with Gasteiger partial charge in [0.25, 0.3) is 0 Å². The Bertz CT molecular complexity index is 333. The number of aromatic nitrogens is 2. The topological polar surface area (TPSA) is 49.2 Å². The van der Waals surface area contributed by atoms with E-state index in [0.717, 1.165) is 18.1 Å². The summed E-state index contributed by atoms with van der Waals surface area (Å²) in [5, 5.41) is 8.97. The molecule has 4 nitrogen and oxygen atoms in total. The largest absolute Gasteiger partial charge is 0.395 e. The van der Waals surface area contributed by atoms with E-state index in [1.54, 1.807) is 6.33 Å². The Morgan fingerprint density at radius 2 is 2.00 bits per heavy atom. The first-order valence-corrected chi connectivity index (χ1v) is 5.67. The summed E-state index contributed by atoms with van der Waals surface area (Å²) in [7, 11) is 0. The Morgan fingerprint density at radius 1 is 1.31 bits per heavy atom. The van der Waals surface area contributed by atoms with Gasteiger partial charge >= 0.3 is 0 Å². The van der Waals surface area contributed by atoms with E-state index in [1.807, 2.05) is 11.0 Å². The van der Waals surface area contributed by atoms with Crippen LogP contribution in [0.2, 0.25) is 0 Å². The third kappa shape index (κ3) is 3.17. The summed E-state index contributed by atoms with van der Waals surface area (Å²) in [6.07, 6.45) is 1.59. The number of hydrogen-bond acceptors (Lipinski definition) is 4. The van der Waals surface area contributed by atoms with Crippen LogP contribution in [0.5, 0.6) is 0 Å². The van der Waals surface area contributed by atoms with Crippen molar-refractivity contribution in [2.45, 2.75) is 33.1 Å². The number of hydrogen-bond donors (Lipinski definition) is 1. The Hall–Kier alpha value is -1.16. The molecule has 0 atom stereocenters. The number of aliphatic hydroxyl groups excluding tert-OH is 1. The number of rotatable bonds is 4. The molecular formula is C12H21N3O. The van der Waals surface area contributed by atoms with Gasteiger partial charge in [-0.1, -0.05) is 20.8 Å². The predicted molar refractivity (Wildman–Crippen MR) is 65.7 cm³/mol. The lowest BCUT2D eigenvalue weighted by molar-refractivity contribution is 0.302. The van der Waals surface area contributed by atoms with E-state index in [0.29, 0.717) is 6.54 Å². The molecule has 90 valence electrons. The summed E-state index contributed by atoms with van der Waals surface area (Å²) in [4.78, 5) is 10.6. The van der Waals surface area contributed by atoms with Crippen LogP contribution < -0.4 is 4.90 Å². The maximum Gasteiger partial charge on any atom is 0.132 e. The molecule has 0 radical (unpaired) electrons. The van der Waals surface area contributed by atoms with E-state index in [1.165, 1.54) is 0 Å². The average molecular weight is 223 g/mol. The highest BCUT2D eigenvalue weighted by Gasteiger charge is 2.17. The first kappa shape index (κ1) is 12.9. The molecule has 0 aliphatic heterocycles. The molecule has 1 rings (SSSR count). The van der Waals surface area contributed by atoms with Gasteiger partial charge in [0.05, 0.1) is 12.3 Å². The summed E-state index contributed by atoms with van der Waals surface area (Å²) < 4.78 is 0. The van der Waals surface area contributed by atoms with Gasteiger partial charge in [-0.05, 0) is 6.92 Å². The SMILES string of the molecule is CCN(CCO)c1cc(C(C)(C)C)ncn1. The fraction of sp³-hybridized carbons (Fsp3) is 0.667. The van der Waals surface area contributed by atoms with E-state index < -0.39 is 0 Å². The van der Waals surface area contributed by atoms with Crippen LogP contribution in [-0.2, 0) is 5.41 Å². The molecule has 1 heterocycles. The average Bonchev–Trinajstić information content (AvgIpc) is 2.25. The van der Waals surface area contributed by atoms with Gasteiger partial charge in [0, 0.05) is 24.6 Å². The fourth-order valence-electron chi connectivity index (χ4n) is 1.49. The van der Waals surface area contributed by atoms with Crippen molar-refractivity contribution in [2.24, 2.45) is 0 Å². The van der Waals surface area contributed by atoms with Gasteiger partial charge in [0.15, 0.2) is 0 Å². The molecule has 0 saturated carbocycles. The minimum atomic E-state index is 0.0241. The second-order valence-electron chi connectivity index (χ2n) is 4.81. The highest BCUT2D eigenvalue weighted by atomic mass is 16.3. The van der Waals surface area contributed by atoms with Gasteiger partial charge in [-0.2, -0.15) is 0 Å². The summed E-state index contributed by atoms with van der Waals surface area (Å²) in [5.74, 6) is 0.886. The third-order valence-electron chi connectivity index (χ3n) is 2.50. The maximum absolute atomic E-state index is 8.97. The molecule has 0 saturated heterocycles. The van der Waals surface area contributed by atoms with Crippen LogP contribution in [0.1, 0.15) is 33.4 Å². The third-order valence-corrected chi connectivity index (χ3v) is 2.50. The molecule has 16 heavy (non-hydrogen) atoms. The Morgan fingerprint density at radius 3 is 2.50 bits per heavy atom. The van der Waals surface area contributed by atoms with Gasteiger partial charge in [-0.25, -0.2) is 9.97 Å². The van der Waals surface area contributed by atoms with Crippen molar-refractivity contribution < 1.29 is 5.11 Å². The monoisotopic (exact) mass is 223 g/mol. The number of nitrogens with zero attached hydrogens (tertiary/aromatic N) is 3. The van der Waals surface area contributed by atoms with Crippen LogP contribution >= 0.6 is 0 Å². The fourth-order valence-corrected chi connectivity index (χ4v) is 1.49. The van der Waals surface area contributed by atoms with Gasteiger partial charge in [-0.3, -0.25) is 0 Å². The lowest BCUT2D eigenvalue weighted by atomic mass is 9.92. The number of anilines is 1. The first-order chi connectivity index (χ1) is 7.49. The zero-order valence-corrected chi connectivity index (χ0v) is 10.6. The second-order valence-corrected chi connectivity index (χ2v) is 4.81. The maximum atomic E-state index is 8.97. The van der Waals surface area contributed by atoms with E-state index in [9.17, 15) is 0 Å². The van der Waals surface area contributed by atoms with Crippen LogP contribution in [0.15, 0.2) is 12.4 Å². The molecule has 0 aliphatic carbocycles. The van der Waals surface area contributed by atoms with Crippen molar-refractivity contribution in [3.8, 4) is 0 Å². The van der Waals surface area contributed by atoms with Crippen LogP contribution in [0.4, 0.5) is 5.82 Å². The zero-order valence-electron chi connectivity index (χ0n) is 10.6. The number of likely N-dealkylation sites (N-methyl/N-ethyl adjacent to an activating group) is 1. The highest BCUT2D eigenvalue weighted by Crippen LogP contribution is 2.22. The van der Waals surface area contributed by atoms with Crippen molar-refractivity contribution in [2.75, 3.05) is 24.6 Å². The molecule has 0 amide bonds. The summed E-state index contributed by atoms with van der Waals surface area (Å²) in [6.45, 7) is 10.0. The molecule has 4 heteroatoms. The van der Waals surface area contributed by atoms with Crippen molar-refractivity contribution in [3.05, 3.63) is 18.1 Å². The van der Waals surface area contributed by atoms with E-state index in [2.05, 4.69) is 37.7 Å². The zero-order chi connectivity index (χ0) is 12.2. The van der Waals surface area contributed by atoms with Crippen LogP contribution in [-0.4, -0.2) is 34.8 Å². The molecule has 0 bridgehead atoms. The molecule has 1 aromatic rings. The molecular weight excluding hydrogens is 202 g/mol. The summed E-state index contributed by atoms with van der Waals surface area (Å²) in [6, 6.07) is 2.00. The van der Waals surface area contributed by atoms with Crippen LogP contribution in [0.3, 0.4) is 0 Å². The molecule has 0 aromatic carbocycles. The van der Waals surface area contributed by atoms with Crippen molar-refractivity contribution in [1.29, 1.82) is 0 Å². The molecule has 0 aliphatic rings. The van der Waals surface area contributed by atoms with Crippen LogP contribution in [0.25, 0.3) is 0 Å². The number of aliphatic hydroxyl groups is 1. The standard InChI is InChI=1S/C12H21N3O/c1-5-15(6-7-16)11-8-10(12(2,3)4)13-9-14-11/h8-9,16H,5-7H2,1-4H3. The van der Waals surface area contributed by atoms with E-state index in [4.69, 9.17) is 5.11 Å². The van der Waals surface area contributed by atoms with Gasteiger partial charge in [0.1, 0.15) is 12.1 Å². The molecule has 1 aromatic heterocycles. The lowest BCUT2D eigenvalue weighted by Crippen LogP contribution is -2.28. The highest BCUT2D eigenvalue weighted by molar-refractivity contribution is 5.40. The molecule has 1 N–H and O–H groups in total. The smallest absolute Gasteiger partial charge is 0.132 e. The normalized spacial score (nSPS) is 11.6. The van der Waals surface area contributed by atoms with Gasteiger partial charge < -0.3 is 10.0 Å². The Balaban J connectivity index is 2.97. The molecule has 0 fully saturated rings. The van der Waals surface area contributed by atoms with E-state index in [-0.39, 0.29) is 12.0 Å². The first-order valence-electron chi connectivity index (χ1n) is 5.67. The van der Waals surface area contributed by atoms with Crippen molar-refractivity contribution >= 4 is 5.82 Å². The van der Waals surface area contributed by atoms with E-state index >= 15 is 0 Å². The predicted octanol–water partition coefficient (Wildman–Crippen LogP) is 1.59. The Kier molecular flexibility index (Phi) is 4.24. The van der Waals surface area contributed by atoms with Gasteiger partial charge in [-0.15, -0.1) is 0 Å². The minimum absolute atomic E-state index is 0.0241.